The lowest BCUT2D eigenvalue weighted by Gasteiger charge is -2.17. The van der Waals surface area contributed by atoms with E-state index >= 15 is 0 Å². The summed E-state index contributed by atoms with van der Waals surface area (Å²) in [6, 6.07) is 41.7. The number of benzene rings is 6. The molecule has 2 heteroatoms. The molecule has 0 aliphatic heterocycles. The maximum atomic E-state index is 4.60. The van der Waals surface area contributed by atoms with E-state index in [1.807, 2.05) is 30.7 Å². The molecule has 0 radical (unpaired) electrons. The maximum Gasteiger partial charge on any atom is 0.0708 e. The molecule has 0 spiro atoms. The van der Waals surface area contributed by atoms with Crippen LogP contribution in [0.4, 0.5) is 0 Å². The van der Waals surface area contributed by atoms with Crippen molar-refractivity contribution in [2.24, 2.45) is 0 Å². The average Bonchev–Trinajstić information content (AvgIpc) is 3.00. The first-order chi connectivity index (χ1) is 18.8. The number of nitrogens with zero attached hydrogens (tertiary/aromatic N) is 2. The lowest BCUT2D eigenvalue weighted by molar-refractivity contribution is 1.33. The van der Waals surface area contributed by atoms with E-state index in [1.54, 1.807) is 0 Å². The van der Waals surface area contributed by atoms with Crippen LogP contribution in [0.25, 0.3) is 76.6 Å². The molecule has 176 valence electrons. The van der Waals surface area contributed by atoms with Gasteiger partial charge in [0.1, 0.15) is 0 Å². The second-order valence-electron chi connectivity index (χ2n) is 9.84. The van der Waals surface area contributed by atoms with Gasteiger partial charge in [0.05, 0.1) is 5.52 Å². The molecule has 0 bridgehead atoms. The minimum atomic E-state index is 1.02. The van der Waals surface area contributed by atoms with Crippen molar-refractivity contribution in [3.63, 3.8) is 0 Å². The zero-order chi connectivity index (χ0) is 25.1. The van der Waals surface area contributed by atoms with Crippen molar-refractivity contribution < 1.29 is 0 Å². The van der Waals surface area contributed by atoms with Gasteiger partial charge in [0.2, 0.25) is 0 Å². The average molecular weight is 483 g/mol. The minimum absolute atomic E-state index is 1.02. The van der Waals surface area contributed by atoms with Gasteiger partial charge in [-0.05, 0) is 83.9 Å². The first-order valence-corrected chi connectivity index (χ1v) is 12.9. The second-order valence-corrected chi connectivity index (χ2v) is 9.84. The van der Waals surface area contributed by atoms with Crippen LogP contribution >= 0.6 is 0 Å². The summed E-state index contributed by atoms with van der Waals surface area (Å²) >= 11 is 0. The Morgan fingerprint density at radius 3 is 1.82 bits per heavy atom. The lowest BCUT2D eigenvalue weighted by Crippen LogP contribution is -1.90. The van der Waals surface area contributed by atoms with Crippen molar-refractivity contribution in [2.75, 3.05) is 0 Å². The molecule has 0 aliphatic carbocycles. The number of fused-ring (bicyclic) bond motifs is 1. The Morgan fingerprint density at radius 2 is 1.05 bits per heavy atom. The topological polar surface area (TPSA) is 25.8 Å². The first kappa shape index (κ1) is 21.0. The molecule has 8 rings (SSSR count). The van der Waals surface area contributed by atoms with Crippen molar-refractivity contribution in [3.05, 3.63) is 134 Å². The molecule has 0 saturated carbocycles. The zero-order valence-corrected chi connectivity index (χ0v) is 20.6. The van der Waals surface area contributed by atoms with E-state index in [4.69, 9.17) is 0 Å². The van der Waals surface area contributed by atoms with Gasteiger partial charge in [-0.3, -0.25) is 9.97 Å². The zero-order valence-electron chi connectivity index (χ0n) is 20.6. The second kappa shape index (κ2) is 8.22. The minimum Gasteiger partial charge on any atom is -0.264 e. The highest BCUT2D eigenvalue weighted by atomic mass is 14.6. The standard InChI is InChI=1S/C36H22N2/c1-5-29(31-6-3-21-38-34(31)7-1)30-17-13-26-14-18-32-28(16-12-25-15-19-33(30)36(26)35(25)32)24-10-8-23(9-11-24)27-4-2-20-37-22-27/h1-22H. The number of hydrogen-bond acceptors (Lipinski definition) is 2. The molecule has 2 nitrogen and oxygen atoms in total. The van der Waals surface area contributed by atoms with Crippen molar-refractivity contribution in [2.45, 2.75) is 0 Å². The summed E-state index contributed by atoms with van der Waals surface area (Å²) in [5.41, 5.74) is 8.27. The molecule has 38 heavy (non-hydrogen) atoms. The van der Waals surface area contributed by atoms with Crippen LogP contribution in [0.5, 0.6) is 0 Å². The van der Waals surface area contributed by atoms with E-state index in [2.05, 4.69) is 113 Å². The maximum absolute atomic E-state index is 4.60. The van der Waals surface area contributed by atoms with Crippen LogP contribution in [0, 0.1) is 0 Å². The van der Waals surface area contributed by atoms with E-state index in [0.717, 1.165) is 11.1 Å². The SMILES string of the molecule is c1cncc(-c2ccc(-c3ccc4ccc5c(-c6cccc7ncccc67)ccc6ccc3c4c65)cc2)c1. The highest BCUT2D eigenvalue weighted by molar-refractivity contribution is 6.28. The van der Waals surface area contributed by atoms with E-state index in [-0.39, 0.29) is 0 Å². The van der Waals surface area contributed by atoms with Gasteiger partial charge in [-0.15, -0.1) is 0 Å². The van der Waals surface area contributed by atoms with Crippen molar-refractivity contribution in [1.29, 1.82) is 0 Å². The third-order valence-electron chi connectivity index (χ3n) is 7.79. The number of pyridine rings is 2. The molecule has 6 aromatic carbocycles. The quantitative estimate of drug-likeness (QED) is 0.234. The van der Waals surface area contributed by atoms with E-state index in [1.165, 1.54) is 65.5 Å². The molecule has 0 atom stereocenters. The Balaban J connectivity index is 1.36. The van der Waals surface area contributed by atoms with Crippen LogP contribution in [0.1, 0.15) is 0 Å². The highest BCUT2D eigenvalue weighted by Crippen LogP contribution is 2.43. The van der Waals surface area contributed by atoms with Crippen LogP contribution in [0.3, 0.4) is 0 Å². The van der Waals surface area contributed by atoms with Gasteiger partial charge in [-0.2, -0.15) is 0 Å². The van der Waals surface area contributed by atoms with Gasteiger partial charge in [0.15, 0.2) is 0 Å². The molecule has 0 fully saturated rings. The summed E-state index contributed by atoms with van der Waals surface area (Å²) in [5, 5.41) is 8.93. The largest absolute Gasteiger partial charge is 0.264 e. The van der Waals surface area contributed by atoms with Crippen LogP contribution in [-0.2, 0) is 0 Å². The molecule has 0 N–H and O–H groups in total. The summed E-state index contributed by atoms with van der Waals surface area (Å²) in [6.07, 6.45) is 5.58. The molecule has 2 aromatic heterocycles. The van der Waals surface area contributed by atoms with Crippen LogP contribution in [0.15, 0.2) is 134 Å². The van der Waals surface area contributed by atoms with Crippen LogP contribution in [-0.4, -0.2) is 9.97 Å². The molecule has 0 aliphatic rings. The Kier molecular flexibility index (Phi) is 4.55. The molecule has 0 unspecified atom stereocenters. The Morgan fingerprint density at radius 1 is 0.395 bits per heavy atom. The molecule has 0 saturated heterocycles. The third kappa shape index (κ3) is 3.14. The van der Waals surface area contributed by atoms with E-state index in [0.29, 0.717) is 0 Å². The van der Waals surface area contributed by atoms with Crippen molar-refractivity contribution >= 4 is 43.2 Å². The van der Waals surface area contributed by atoms with Gasteiger partial charge in [0, 0.05) is 24.0 Å². The fourth-order valence-electron chi connectivity index (χ4n) is 6.00. The summed E-state index contributed by atoms with van der Waals surface area (Å²) < 4.78 is 0. The smallest absolute Gasteiger partial charge is 0.0708 e. The molecular weight excluding hydrogens is 460 g/mol. The Hall–Kier alpha value is -5.08. The lowest BCUT2D eigenvalue weighted by atomic mass is 9.86. The fourth-order valence-corrected chi connectivity index (χ4v) is 6.00. The van der Waals surface area contributed by atoms with Crippen LogP contribution < -0.4 is 0 Å². The van der Waals surface area contributed by atoms with E-state index < -0.39 is 0 Å². The number of aromatic nitrogens is 2. The monoisotopic (exact) mass is 482 g/mol. The molecular formula is C36H22N2. The number of rotatable bonds is 3. The molecule has 2 heterocycles. The summed E-state index contributed by atoms with van der Waals surface area (Å²) in [7, 11) is 0. The van der Waals surface area contributed by atoms with Crippen molar-refractivity contribution in [1.82, 2.24) is 9.97 Å². The third-order valence-corrected chi connectivity index (χ3v) is 7.79. The Bertz CT molecular complexity index is 2100. The van der Waals surface area contributed by atoms with E-state index in [9.17, 15) is 0 Å². The molecule has 8 aromatic rings. The van der Waals surface area contributed by atoms with Gasteiger partial charge < -0.3 is 0 Å². The van der Waals surface area contributed by atoms with Gasteiger partial charge in [-0.25, -0.2) is 0 Å². The summed E-state index contributed by atoms with van der Waals surface area (Å²) in [5.74, 6) is 0. The van der Waals surface area contributed by atoms with Gasteiger partial charge in [0.25, 0.3) is 0 Å². The normalized spacial score (nSPS) is 11.7. The first-order valence-electron chi connectivity index (χ1n) is 12.9. The van der Waals surface area contributed by atoms with Gasteiger partial charge >= 0.3 is 0 Å². The van der Waals surface area contributed by atoms with Gasteiger partial charge in [-0.1, -0.05) is 97.1 Å². The van der Waals surface area contributed by atoms with Crippen LogP contribution in [0.2, 0.25) is 0 Å². The summed E-state index contributed by atoms with van der Waals surface area (Å²) in [4.78, 5) is 8.87. The molecule has 0 amide bonds. The predicted molar refractivity (Wildman–Crippen MR) is 160 cm³/mol. The Labute approximate surface area is 220 Å². The number of hydrogen-bond donors (Lipinski definition) is 0. The van der Waals surface area contributed by atoms with Crippen molar-refractivity contribution in [3.8, 4) is 33.4 Å². The fraction of sp³-hybridized carbons (Fsp3) is 0. The summed E-state index contributed by atoms with van der Waals surface area (Å²) in [6.45, 7) is 0. The predicted octanol–water partition coefficient (Wildman–Crippen LogP) is 9.53. The highest BCUT2D eigenvalue weighted by Gasteiger charge is 2.16.